The predicted octanol–water partition coefficient (Wildman–Crippen LogP) is 1.65. The van der Waals surface area contributed by atoms with Gasteiger partial charge in [-0.25, -0.2) is 0 Å². The Hall–Kier alpha value is -1.13. The summed E-state index contributed by atoms with van der Waals surface area (Å²) in [6, 6.07) is 0.0938. The highest BCUT2D eigenvalue weighted by molar-refractivity contribution is 6.31. The maximum atomic E-state index is 5.98. The standard InChI is InChI=1S/C13H19ClN4/c1-18(2)7-3-6-15-13-11-5-4-10(14)8-12(11)16-9-17-13/h4-5,8-9,11-12H,3,6-7H2,1-2H3,(H,15,16,17). The van der Waals surface area contributed by atoms with Gasteiger partial charge in [-0.15, -0.1) is 0 Å². The number of fused-ring (bicyclic) bond motifs is 1. The van der Waals surface area contributed by atoms with Crippen LogP contribution in [0.15, 0.2) is 33.2 Å². The van der Waals surface area contributed by atoms with Crippen LogP contribution in [0.2, 0.25) is 0 Å². The third kappa shape index (κ3) is 3.43. The summed E-state index contributed by atoms with van der Waals surface area (Å²) in [5, 5.41) is 3.89. The molecule has 0 saturated carbocycles. The highest BCUT2D eigenvalue weighted by Gasteiger charge is 2.26. The van der Waals surface area contributed by atoms with Gasteiger partial charge in [0.1, 0.15) is 5.84 Å². The van der Waals surface area contributed by atoms with E-state index in [-0.39, 0.29) is 12.0 Å². The molecule has 98 valence electrons. The molecular weight excluding hydrogens is 248 g/mol. The van der Waals surface area contributed by atoms with Crippen LogP contribution >= 0.6 is 11.6 Å². The van der Waals surface area contributed by atoms with Gasteiger partial charge in [-0.1, -0.05) is 17.7 Å². The normalized spacial score (nSPS) is 28.2. The van der Waals surface area contributed by atoms with Crippen LogP contribution < -0.4 is 5.32 Å². The van der Waals surface area contributed by atoms with Gasteiger partial charge in [-0.2, -0.15) is 0 Å². The van der Waals surface area contributed by atoms with Crippen LogP contribution in [0.5, 0.6) is 0 Å². The molecule has 2 atom stereocenters. The third-order valence-corrected chi connectivity index (χ3v) is 3.23. The Morgan fingerprint density at radius 3 is 3.11 bits per heavy atom. The van der Waals surface area contributed by atoms with E-state index in [9.17, 15) is 0 Å². The SMILES string of the molecule is CN(C)CCCN=C1NC=NC2C=C(Cl)C=CC12. The van der Waals surface area contributed by atoms with E-state index in [2.05, 4.69) is 40.4 Å². The number of amidine groups is 1. The van der Waals surface area contributed by atoms with Crippen LogP contribution in [0.4, 0.5) is 0 Å². The zero-order chi connectivity index (χ0) is 13.0. The van der Waals surface area contributed by atoms with Crippen molar-refractivity contribution in [1.29, 1.82) is 0 Å². The molecule has 0 bridgehead atoms. The zero-order valence-corrected chi connectivity index (χ0v) is 11.6. The van der Waals surface area contributed by atoms with E-state index in [1.807, 2.05) is 12.2 Å². The number of nitrogens with one attached hydrogen (secondary N) is 1. The fourth-order valence-corrected chi connectivity index (χ4v) is 2.25. The molecule has 2 unspecified atom stereocenters. The Kier molecular flexibility index (Phi) is 4.55. The van der Waals surface area contributed by atoms with E-state index in [4.69, 9.17) is 11.6 Å². The Balaban J connectivity index is 1.96. The number of aliphatic imine (C=N–C) groups is 2. The number of nitrogens with zero attached hydrogens (tertiary/aromatic N) is 3. The predicted molar refractivity (Wildman–Crippen MR) is 77.5 cm³/mol. The lowest BCUT2D eigenvalue weighted by Crippen LogP contribution is -2.40. The molecule has 2 rings (SSSR count). The van der Waals surface area contributed by atoms with Crippen molar-refractivity contribution in [3.8, 4) is 0 Å². The largest absolute Gasteiger partial charge is 0.335 e. The molecule has 0 amide bonds. The smallest absolute Gasteiger partial charge is 0.111 e. The Morgan fingerprint density at radius 1 is 1.50 bits per heavy atom. The number of halogens is 1. The molecule has 1 N–H and O–H groups in total. The van der Waals surface area contributed by atoms with E-state index < -0.39 is 0 Å². The van der Waals surface area contributed by atoms with E-state index in [1.54, 1.807) is 6.34 Å². The average Bonchev–Trinajstić information content (AvgIpc) is 2.34. The van der Waals surface area contributed by atoms with Crippen molar-refractivity contribution in [1.82, 2.24) is 10.2 Å². The molecule has 0 aromatic heterocycles. The van der Waals surface area contributed by atoms with Gasteiger partial charge in [-0.3, -0.25) is 9.98 Å². The van der Waals surface area contributed by atoms with Crippen LogP contribution in [0.1, 0.15) is 6.42 Å². The van der Waals surface area contributed by atoms with Crippen LogP contribution in [0.3, 0.4) is 0 Å². The third-order valence-electron chi connectivity index (χ3n) is 2.98. The van der Waals surface area contributed by atoms with Gasteiger partial charge < -0.3 is 10.2 Å². The fourth-order valence-electron chi connectivity index (χ4n) is 2.04. The first-order valence-corrected chi connectivity index (χ1v) is 6.57. The van der Waals surface area contributed by atoms with Crippen molar-refractivity contribution in [3.05, 3.63) is 23.3 Å². The Labute approximate surface area is 113 Å². The number of allylic oxidation sites excluding steroid dienone is 2. The molecule has 0 aromatic rings. The van der Waals surface area contributed by atoms with Gasteiger partial charge in [-0.05, 0) is 39.2 Å². The van der Waals surface area contributed by atoms with Crippen LogP contribution in [0.25, 0.3) is 0 Å². The summed E-state index contributed by atoms with van der Waals surface area (Å²) in [7, 11) is 4.15. The zero-order valence-electron chi connectivity index (χ0n) is 10.8. The second kappa shape index (κ2) is 6.16. The van der Waals surface area contributed by atoms with Crippen molar-refractivity contribution in [2.24, 2.45) is 15.9 Å². The summed E-state index contributed by atoms with van der Waals surface area (Å²) < 4.78 is 0. The second-order valence-corrected chi connectivity index (χ2v) is 5.21. The molecule has 4 nitrogen and oxygen atoms in total. The minimum Gasteiger partial charge on any atom is -0.335 e. The maximum absolute atomic E-state index is 5.98. The highest BCUT2D eigenvalue weighted by atomic mass is 35.5. The van der Waals surface area contributed by atoms with Crippen LogP contribution in [-0.4, -0.2) is 50.3 Å². The van der Waals surface area contributed by atoms with E-state index >= 15 is 0 Å². The fraction of sp³-hybridized carbons (Fsp3) is 0.538. The van der Waals surface area contributed by atoms with Gasteiger partial charge in [0, 0.05) is 11.6 Å². The minimum absolute atomic E-state index is 0.0938. The highest BCUT2D eigenvalue weighted by Crippen LogP contribution is 2.24. The molecule has 1 aliphatic heterocycles. The Morgan fingerprint density at radius 2 is 2.33 bits per heavy atom. The summed E-state index contributed by atoms with van der Waals surface area (Å²) in [5.41, 5.74) is 0. The molecule has 0 saturated heterocycles. The van der Waals surface area contributed by atoms with Gasteiger partial charge in [0.25, 0.3) is 0 Å². The lowest BCUT2D eigenvalue weighted by molar-refractivity contribution is 0.403. The van der Waals surface area contributed by atoms with E-state index in [1.165, 1.54) is 0 Å². The first-order chi connectivity index (χ1) is 8.66. The summed E-state index contributed by atoms with van der Waals surface area (Å²) in [6.45, 7) is 1.89. The summed E-state index contributed by atoms with van der Waals surface area (Å²) in [4.78, 5) is 11.2. The molecular formula is C13H19ClN4. The monoisotopic (exact) mass is 266 g/mol. The van der Waals surface area contributed by atoms with E-state index in [0.717, 1.165) is 30.4 Å². The van der Waals surface area contributed by atoms with Gasteiger partial charge >= 0.3 is 0 Å². The van der Waals surface area contributed by atoms with Crippen molar-refractivity contribution in [3.63, 3.8) is 0 Å². The second-order valence-electron chi connectivity index (χ2n) is 4.77. The summed E-state index contributed by atoms with van der Waals surface area (Å²) >= 11 is 5.98. The van der Waals surface area contributed by atoms with Crippen molar-refractivity contribution >= 4 is 23.8 Å². The first kappa shape index (κ1) is 13.3. The van der Waals surface area contributed by atoms with Crippen molar-refractivity contribution < 1.29 is 0 Å². The van der Waals surface area contributed by atoms with Crippen molar-refractivity contribution in [2.45, 2.75) is 12.5 Å². The quantitative estimate of drug-likeness (QED) is 0.786. The van der Waals surface area contributed by atoms with Gasteiger partial charge in [0.05, 0.1) is 18.3 Å². The lowest BCUT2D eigenvalue weighted by Gasteiger charge is -2.27. The average molecular weight is 267 g/mol. The van der Waals surface area contributed by atoms with Gasteiger partial charge in [0.15, 0.2) is 0 Å². The first-order valence-electron chi connectivity index (χ1n) is 6.19. The molecule has 0 aromatic carbocycles. The van der Waals surface area contributed by atoms with Crippen LogP contribution in [0, 0.1) is 5.92 Å². The summed E-state index contributed by atoms with van der Waals surface area (Å²) in [6.07, 6.45) is 8.74. The number of rotatable bonds is 4. The Bertz CT molecular complexity index is 409. The maximum Gasteiger partial charge on any atom is 0.111 e. The van der Waals surface area contributed by atoms with Crippen molar-refractivity contribution in [2.75, 3.05) is 27.2 Å². The molecule has 2 aliphatic rings. The molecule has 0 radical (unpaired) electrons. The molecule has 18 heavy (non-hydrogen) atoms. The van der Waals surface area contributed by atoms with E-state index in [0.29, 0.717) is 0 Å². The molecule has 5 heteroatoms. The molecule has 0 fully saturated rings. The van der Waals surface area contributed by atoms with Crippen LogP contribution in [-0.2, 0) is 0 Å². The summed E-state index contributed by atoms with van der Waals surface area (Å²) in [5.74, 6) is 1.20. The topological polar surface area (TPSA) is 40.0 Å². The minimum atomic E-state index is 0.0938. The lowest BCUT2D eigenvalue weighted by atomic mass is 9.93. The number of hydrogen-bond acceptors (Lipinski definition) is 3. The molecule has 1 heterocycles. The van der Waals surface area contributed by atoms with Gasteiger partial charge in [0.2, 0.25) is 0 Å². The number of hydrogen-bond donors (Lipinski definition) is 1. The molecule has 1 aliphatic carbocycles. The molecule has 0 spiro atoms.